The van der Waals surface area contributed by atoms with Gasteiger partial charge in [-0.05, 0) is 25.0 Å². The SMILES string of the molecule is OCCN(C1CC1)[C@@H]1CCSC1. The van der Waals surface area contributed by atoms with Crippen LogP contribution in [0.5, 0.6) is 0 Å². The molecule has 2 aliphatic rings. The second-order valence-electron chi connectivity index (χ2n) is 3.71. The molecule has 2 fully saturated rings. The average Bonchev–Trinajstić information content (AvgIpc) is 2.77. The number of hydrogen-bond acceptors (Lipinski definition) is 3. The minimum Gasteiger partial charge on any atom is -0.395 e. The Bertz CT molecular complexity index is 143. The number of nitrogens with zero attached hydrogens (tertiary/aromatic N) is 1. The Kier molecular flexibility index (Phi) is 2.94. The van der Waals surface area contributed by atoms with E-state index in [0.29, 0.717) is 6.61 Å². The van der Waals surface area contributed by atoms with E-state index >= 15 is 0 Å². The number of aliphatic hydroxyl groups is 1. The van der Waals surface area contributed by atoms with Crippen molar-refractivity contribution in [2.75, 3.05) is 24.7 Å². The summed E-state index contributed by atoms with van der Waals surface area (Å²) >= 11 is 2.06. The maximum absolute atomic E-state index is 8.93. The zero-order chi connectivity index (χ0) is 8.39. The molecule has 3 heteroatoms. The molecule has 1 aliphatic heterocycles. The highest BCUT2D eigenvalue weighted by molar-refractivity contribution is 7.99. The fourth-order valence-corrected chi connectivity index (χ4v) is 3.20. The molecular formula is C9H17NOS. The average molecular weight is 187 g/mol. The molecule has 1 atom stereocenters. The van der Waals surface area contributed by atoms with Crippen molar-refractivity contribution in [3.05, 3.63) is 0 Å². The van der Waals surface area contributed by atoms with Crippen molar-refractivity contribution in [2.24, 2.45) is 0 Å². The lowest BCUT2D eigenvalue weighted by molar-refractivity contribution is 0.153. The molecule has 0 aromatic heterocycles. The molecule has 1 aliphatic carbocycles. The summed E-state index contributed by atoms with van der Waals surface area (Å²) in [6, 6.07) is 1.59. The van der Waals surface area contributed by atoms with E-state index in [0.717, 1.165) is 18.6 Å². The van der Waals surface area contributed by atoms with Gasteiger partial charge in [-0.25, -0.2) is 0 Å². The van der Waals surface area contributed by atoms with Crippen LogP contribution in [-0.4, -0.2) is 46.7 Å². The Hall–Kier alpha value is 0.270. The van der Waals surface area contributed by atoms with Crippen molar-refractivity contribution >= 4 is 11.8 Å². The maximum Gasteiger partial charge on any atom is 0.0558 e. The highest BCUT2D eigenvalue weighted by atomic mass is 32.2. The van der Waals surface area contributed by atoms with Crippen molar-refractivity contribution in [2.45, 2.75) is 31.3 Å². The van der Waals surface area contributed by atoms with Crippen LogP contribution in [-0.2, 0) is 0 Å². The third-order valence-electron chi connectivity index (χ3n) is 2.75. The lowest BCUT2D eigenvalue weighted by atomic mass is 10.2. The van der Waals surface area contributed by atoms with Crippen molar-refractivity contribution in [3.63, 3.8) is 0 Å². The summed E-state index contributed by atoms with van der Waals surface area (Å²) in [7, 11) is 0. The van der Waals surface area contributed by atoms with E-state index in [1.807, 2.05) is 0 Å². The van der Waals surface area contributed by atoms with Crippen LogP contribution in [0, 0.1) is 0 Å². The van der Waals surface area contributed by atoms with Gasteiger partial charge < -0.3 is 5.11 Å². The smallest absolute Gasteiger partial charge is 0.0558 e. The Morgan fingerprint density at radius 2 is 2.08 bits per heavy atom. The van der Waals surface area contributed by atoms with Crippen LogP contribution in [0.25, 0.3) is 0 Å². The normalized spacial score (nSPS) is 30.0. The summed E-state index contributed by atoms with van der Waals surface area (Å²) in [6.07, 6.45) is 4.06. The van der Waals surface area contributed by atoms with Crippen molar-refractivity contribution in [1.29, 1.82) is 0 Å². The molecule has 1 heterocycles. The zero-order valence-electron chi connectivity index (χ0n) is 7.41. The van der Waals surface area contributed by atoms with Gasteiger partial charge in [-0.15, -0.1) is 0 Å². The van der Waals surface area contributed by atoms with Gasteiger partial charge in [0.25, 0.3) is 0 Å². The molecule has 0 radical (unpaired) electrons. The predicted molar refractivity (Wildman–Crippen MR) is 52.5 cm³/mol. The van der Waals surface area contributed by atoms with E-state index in [2.05, 4.69) is 16.7 Å². The molecule has 1 saturated heterocycles. The Labute approximate surface area is 78.3 Å². The van der Waals surface area contributed by atoms with Crippen LogP contribution < -0.4 is 0 Å². The van der Waals surface area contributed by atoms with Gasteiger partial charge in [-0.3, -0.25) is 4.90 Å². The van der Waals surface area contributed by atoms with Gasteiger partial charge in [0, 0.05) is 24.4 Å². The van der Waals surface area contributed by atoms with E-state index in [1.54, 1.807) is 0 Å². The van der Waals surface area contributed by atoms with Crippen LogP contribution in [0.15, 0.2) is 0 Å². The van der Waals surface area contributed by atoms with E-state index in [-0.39, 0.29) is 0 Å². The molecule has 1 N–H and O–H groups in total. The monoisotopic (exact) mass is 187 g/mol. The zero-order valence-corrected chi connectivity index (χ0v) is 8.22. The summed E-state index contributed by atoms with van der Waals surface area (Å²) < 4.78 is 0. The minimum atomic E-state index is 0.331. The predicted octanol–water partition coefficient (Wildman–Crippen LogP) is 0.949. The van der Waals surface area contributed by atoms with Crippen LogP contribution in [0.1, 0.15) is 19.3 Å². The number of thioether (sulfide) groups is 1. The molecule has 0 spiro atoms. The Balaban J connectivity index is 1.85. The molecule has 2 nitrogen and oxygen atoms in total. The minimum absolute atomic E-state index is 0.331. The van der Waals surface area contributed by atoms with Crippen LogP contribution in [0.2, 0.25) is 0 Å². The number of aliphatic hydroxyl groups excluding tert-OH is 1. The van der Waals surface area contributed by atoms with Gasteiger partial charge in [-0.2, -0.15) is 11.8 Å². The van der Waals surface area contributed by atoms with Crippen molar-refractivity contribution in [1.82, 2.24) is 4.90 Å². The third kappa shape index (κ3) is 1.95. The topological polar surface area (TPSA) is 23.5 Å². The molecule has 0 amide bonds. The molecule has 2 rings (SSSR count). The molecular weight excluding hydrogens is 170 g/mol. The summed E-state index contributed by atoms with van der Waals surface area (Å²) in [6.45, 7) is 1.23. The first-order valence-electron chi connectivity index (χ1n) is 4.86. The fourth-order valence-electron chi connectivity index (χ4n) is 1.97. The summed E-state index contributed by atoms with van der Waals surface area (Å²) in [5.74, 6) is 2.61. The highest BCUT2D eigenvalue weighted by Gasteiger charge is 2.34. The lowest BCUT2D eigenvalue weighted by Gasteiger charge is -2.27. The van der Waals surface area contributed by atoms with Gasteiger partial charge >= 0.3 is 0 Å². The van der Waals surface area contributed by atoms with E-state index in [1.165, 1.54) is 30.8 Å². The quantitative estimate of drug-likeness (QED) is 0.709. The van der Waals surface area contributed by atoms with Gasteiger partial charge in [0.05, 0.1) is 6.61 Å². The molecule has 0 aromatic rings. The first-order chi connectivity index (χ1) is 5.92. The van der Waals surface area contributed by atoms with E-state index in [4.69, 9.17) is 5.11 Å². The van der Waals surface area contributed by atoms with Gasteiger partial charge in [0.15, 0.2) is 0 Å². The van der Waals surface area contributed by atoms with Crippen molar-refractivity contribution < 1.29 is 5.11 Å². The molecule has 1 saturated carbocycles. The van der Waals surface area contributed by atoms with E-state index < -0.39 is 0 Å². The largest absolute Gasteiger partial charge is 0.395 e. The highest BCUT2D eigenvalue weighted by Crippen LogP contribution is 2.32. The van der Waals surface area contributed by atoms with Gasteiger partial charge in [0.2, 0.25) is 0 Å². The second-order valence-corrected chi connectivity index (χ2v) is 4.86. The molecule has 0 aromatic carbocycles. The van der Waals surface area contributed by atoms with Gasteiger partial charge in [0.1, 0.15) is 0 Å². The van der Waals surface area contributed by atoms with E-state index in [9.17, 15) is 0 Å². The summed E-state index contributed by atoms with van der Waals surface area (Å²) in [5, 5.41) is 8.93. The number of rotatable bonds is 4. The second kappa shape index (κ2) is 3.99. The molecule has 0 bridgehead atoms. The molecule has 12 heavy (non-hydrogen) atoms. The Morgan fingerprint density at radius 3 is 2.58 bits per heavy atom. The number of hydrogen-bond donors (Lipinski definition) is 1. The standard InChI is InChI=1S/C9H17NOS/c11-5-4-10(8-1-2-8)9-3-6-12-7-9/h8-9,11H,1-7H2/t9-/m1/s1. The van der Waals surface area contributed by atoms with Crippen LogP contribution in [0.4, 0.5) is 0 Å². The fraction of sp³-hybridized carbons (Fsp3) is 1.00. The third-order valence-corrected chi connectivity index (χ3v) is 3.89. The molecule has 70 valence electrons. The summed E-state index contributed by atoms with van der Waals surface area (Å²) in [5.41, 5.74) is 0. The molecule has 0 unspecified atom stereocenters. The first-order valence-corrected chi connectivity index (χ1v) is 6.01. The summed E-state index contributed by atoms with van der Waals surface area (Å²) in [4.78, 5) is 2.53. The lowest BCUT2D eigenvalue weighted by Crippen LogP contribution is -2.39. The van der Waals surface area contributed by atoms with Gasteiger partial charge in [-0.1, -0.05) is 0 Å². The van der Waals surface area contributed by atoms with Crippen LogP contribution >= 0.6 is 11.8 Å². The van der Waals surface area contributed by atoms with Crippen molar-refractivity contribution in [3.8, 4) is 0 Å². The first kappa shape index (κ1) is 8.85. The Morgan fingerprint density at radius 1 is 1.25 bits per heavy atom. The maximum atomic E-state index is 8.93. The van der Waals surface area contributed by atoms with Crippen LogP contribution in [0.3, 0.4) is 0 Å².